The lowest BCUT2D eigenvalue weighted by Gasteiger charge is -2.22. The van der Waals surface area contributed by atoms with Crippen molar-refractivity contribution in [3.8, 4) is 0 Å². The molecule has 2 heterocycles. The monoisotopic (exact) mass is 273 g/mol. The first-order valence-electron chi connectivity index (χ1n) is 5.92. The highest BCUT2D eigenvalue weighted by molar-refractivity contribution is 5.85. The number of nitrogens with zero attached hydrogens (tertiary/aromatic N) is 2. The van der Waals surface area contributed by atoms with Gasteiger partial charge in [0.15, 0.2) is 0 Å². The lowest BCUT2D eigenvalue weighted by atomic mass is 9.90. The van der Waals surface area contributed by atoms with E-state index >= 15 is 0 Å². The highest BCUT2D eigenvalue weighted by atomic mass is 35.5. The zero-order chi connectivity index (χ0) is 12.5. The molecule has 1 unspecified atom stereocenters. The van der Waals surface area contributed by atoms with Gasteiger partial charge in [0, 0.05) is 19.2 Å². The van der Waals surface area contributed by atoms with Crippen molar-refractivity contribution >= 4 is 18.3 Å². The Morgan fingerprint density at radius 1 is 1.67 bits per heavy atom. The molecule has 1 fully saturated rings. The second-order valence-corrected chi connectivity index (χ2v) is 5.19. The van der Waals surface area contributed by atoms with Gasteiger partial charge in [-0.3, -0.25) is 4.79 Å². The first kappa shape index (κ1) is 15.0. The molecule has 5 nitrogen and oxygen atoms in total. The van der Waals surface area contributed by atoms with Gasteiger partial charge < -0.3 is 15.2 Å². The lowest BCUT2D eigenvalue weighted by molar-refractivity contribution is -0.129. The number of hydrogen-bond donors (Lipinski definition) is 1. The quantitative estimate of drug-likeness (QED) is 0.897. The summed E-state index contributed by atoms with van der Waals surface area (Å²) in [5, 5.41) is 3.84. The molecule has 18 heavy (non-hydrogen) atoms. The molecule has 102 valence electrons. The number of amides is 1. The number of halogens is 1. The zero-order valence-electron chi connectivity index (χ0n) is 10.8. The predicted octanol–water partition coefficient (Wildman–Crippen LogP) is 1.14. The lowest BCUT2D eigenvalue weighted by Crippen LogP contribution is -2.35. The van der Waals surface area contributed by atoms with Gasteiger partial charge >= 0.3 is 0 Å². The van der Waals surface area contributed by atoms with Crippen LogP contribution in [-0.4, -0.2) is 35.6 Å². The van der Waals surface area contributed by atoms with Crippen LogP contribution in [0.4, 0.5) is 0 Å². The van der Waals surface area contributed by atoms with Crippen LogP contribution < -0.4 is 5.73 Å². The van der Waals surface area contributed by atoms with E-state index in [2.05, 4.69) is 12.1 Å². The third kappa shape index (κ3) is 3.23. The number of aryl methyl sites for hydroxylation is 1. The van der Waals surface area contributed by atoms with Crippen LogP contribution in [0.2, 0.25) is 0 Å². The summed E-state index contributed by atoms with van der Waals surface area (Å²) >= 11 is 0. The Hall–Kier alpha value is -1.07. The maximum absolute atomic E-state index is 12.0. The van der Waals surface area contributed by atoms with Gasteiger partial charge in [0.2, 0.25) is 5.91 Å². The molecular weight excluding hydrogens is 254 g/mol. The van der Waals surface area contributed by atoms with E-state index in [1.807, 2.05) is 11.8 Å². The minimum atomic E-state index is 0. The maximum Gasteiger partial charge on any atom is 0.228 e. The molecule has 2 N–H and O–H groups in total. The minimum absolute atomic E-state index is 0. The molecule has 6 heteroatoms. The minimum Gasteiger partial charge on any atom is -0.361 e. The molecule has 0 aromatic carbocycles. The molecule has 0 aliphatic carbocycles. The van der Waals surface area contributed by atoms with Crippen LogP contribution in [0, 0.1) is 12.3 Å². The van der Waals surface area contributed by atoms with Gasteiger partial charge in [-0.25, -0.2) is 0 Å². The molecule has 0 saturated carbocycles. The summed E-state index contributed by atoms with van der Waals surface area (Å²) in [7, 11) is 0. The molecule has 1 aliphatic heterocycles. The molecule has 1 saturated heterocycles. The van der Waals surface area contributed by atoms with Crippen LogP contribution in [0.25, 0.3) is 0 Å². The highest BCUT2D eigenvalue weighted by Crippen LogP contribution is 2.28. The van der Waals surface area contributed by atoms with Gasteiger partial charge in [0.25, 0.3) is 0 Å². The van der Waals surface area contributed by atoms with Crippen molar-refractivity contribution in [1.29, 1.82) is 0 Å². The van der Waals surface area contributed by atoms with E-state index in [9.17, 15) is 4.79 Å². The first-order chi connectivity index (χ1) is 8.02. The van der Waals surface area contributed by atoms with Crippen LogP contribution in [0.3, 0.4) is 0 Å². The summed E-state index contributed by atoms with van der Waals surface area (Å²) in [6, 6.07) is 1.80. The first-order valence-corrected chi connectivity index (χ1v) is 5.92. The molecule has 1 aliphatic rings. The molecule has 0 radical (unpaired) electrons. The van der Waals surface area contributed by atoms with E-state index in [0.29, 0.717) is 18.7 Å². The van der Waals surface area contributed by atoms with Crippen molar-refractivity contribution in [3.63, 3.8) is 0 Å². The Balaban J connectivity index is 0.00000162. The number of nitrogens with two attached hydrogens (primary N) is 1. The number of hydrogen-bond acceptors (Lipinski definition) is 4. The largest absolute Gasteiger partial charge is 0.361 e. The van der Waals surface area contributed by atoms with Crippen molar-refractivity contribution in [3.05, 3.63) is 17.5 Å². The van der Waals surface area contributed by atoms with Crippen LogP contribution in [0.5, 0.6) is 0 Å². The second-order valence-electron chi connectivity index (χ2n) is 5.19. The molecule has 0 bridgehead atoms. The van der Waals surface area contributed by atoms with Crippen LogP contribution in [0.1, 0.15) is 24.8 Å². The SMILES string of the molecule is Cc1cc(CC(=O)N2CCC(C)(CN)C2)no1.Cl. The summed E-state index contributed by atoms with van der Waals surface area (Å²) in [5.74, 6) is 0.844. The second kappa shape index (κ2) is 5.71. The fourth-order valence-corrected chi connectivity index (χ4v) is 2.17. The third-order valence-electron chi connectivity index (χ3n) is 3.41. The Labute approximate surface area is 113 Å². The predicted molar refractivity (Wildman–Crippen MR) is 70.6 cm³/mol. The van der Waals surface area contributed by atoms with Crippen LogP contribution in [0.15, 0.2) is 10.6 Å². The van der Waals surface area contributed by atoms with Crippen molar-refractivity contribution in [2.75, 3.05) is 19.6 Å². The highest BCUT2D eigenvalue weighted by Gasteiger charge is 2.34. The molecular formula is C12H20ClN3O2. The molecule has 2 rings (SSSR count). The number of carbonyl (C=O) groups is 1. The summed E-state index contributed by atoms with van der Waals surface area (Å²) in [6.45, 7) is 6.12. The van der Waals surface area contributed by atoms with E-state index in [-0.39, 0.29) is 23.7 Å². The van der Waals surface area contributed by atoms with Crippen molar-refractivity contribution in [2.24, 2.45) is 11.1 Å². The Kier molecular flexibility index (Phi) is 4.76. The van der Waals surface area contributed by atoms with E-state index in [1.54, 1.807) is 6.07 Å². The van der Waals surface area contributed by atoms with Gasteiger partial charge in [-0.2, -0.15) is 0 Å². The summed E-state index contributed by atoms with van der Waals surface area (Å²) < 4.78 is 4.95. The van der Waals surface area contributed by atoms with Crippen LogP contribution in [-0.2, 0) is 11.2 Å². The maximum atomic E-state index is 12.0. The summed E-state index contributed by atoms with van der Waals surface area (Å²) in [5.41, 5.74) is 6.50. The molecule has 1 aromatic rings. The Morgan fingerprint density at radius 3 is 2.89 bits per heavy atom. The van der Waals surface area contributed by atoms with Gasteiger partial charge in [-0.15, -0.1) is 12.4 Å². The smallest absolute Gasteiger partial charge is 0.228 e. The van der Waals surface area contributed by atoms with Gasteiger partial charge in [-0.05, 0) is 25.3 Å². The molecule has 1 aromatic heterocycles. The van der Waals surface area contributed by atoms with E-state index in [4.69, 9.17) is 10.3 Å². The van der Waals surface area contributed by atoms with Gasteiger partial charge in [-0.1, -0.05) is 12.1 Å². The summed E-state index contributed by atoms with van der Waals surface area (Å²) in [4.78, 5) is 13.9. The number of aromatic nitrogens is 1. The molecule has 1 amide bonds. The average molecular weight is 274 g/mol. The van der Waals surface area contributed by atoms with E-state index in [0.717, 1.165) is 25.3 Å². The zero-order valence-corrected chi connectivity index (χ0v) is 11.6. The third-order valence-corrected chi connectivity index (χ3v) is 3.41. The van der Waals surface area contributed by atoms with E-state index in [1.165, 1.54) is 0 Å². The topological polar surface area (TPSA) is 72.4 Å². The van der Waals surface area contributed by atoms with Crippen LogP contribution >= 0.6 is 12.4 Å². The standard InChI is InChI=1S/C12H19N3O2.ClH/c1-9-5-10(14-17-9)6-11(16)15-4-3-12(2,7-13)8-15;/h5H,3-4,6-8,13H2,1-2H3;1H. The average Bonchev–Trinajstić information content (AvgIpc) is 2.86. The number of likely N-dealkylation sites (tertiary alicyclic amines) is 1. The molecule has 1 atom stereocenters. The normalized spacial score (nSPS) is 22.9. The number of rotatable bonds is 3. The fourth-order valence-electron chi connectivity index (χ4n) is 2.17. The van der Waals surface area contributed by atoms with Gasteiger partial charge in [0.1, 0.15) is 5.76 Å². The number of carbonyl (C=O) groups excluding carboxylic acids is 1. The Bertz CT molecular complexity index is 421. The van der Waals surface area contributed by atoms with E-state index < -0.39 is 0 Å². The molecule has 0 spiro atoms. The fraction of sp³-hybridized carbons (Fsp3) is 0.667. The van der Waals surface area contributed by atoms with Gasteiger partial charge in [0.05, 0.1) is 12.1 Å². The Morgan fingerprint density at radius 2 is 2.39 bits per heavy atom. The summed E-state index contributed by atoms with van der Waals surface area (Å²) in [6.07, 6.45) is 1.30. The van der Waals surface area contributed by atoms with Crippen molar-refractivity contribution in [1.82, 2.24) is 10.1 Å². The van der Waals surface area contributed by atoms with Crippen molar-refractivity contribution in [2.45, 2.75) is 26.7 Å². The van der Waals surface area contributed by atoms with Crippen molar-refractivity contribution < 1.29 is 9.32 Å².